The molecule has 2 N–H and O–H groups in total. The Balaban J connectivity index is 2.60. The minimum absolute atomic E-state index is 0.293. The first-order valence-electron chi connectivity index (χ1n) is 7.64. The van der Waals surface area contributed by atoms with Gasteiger partial charge in [0.2, 0.25) is 0 Å². The highest BCUT2D eigenvalue weighted by molar-refractivity contribution is 5.80. The molecule has 1 rings (SSSR count). The second-order valence-corrected chi connectivity index (χ2v) is 6.49. The van der Waals surface area contributed by atoms with Crippen molar-refractivity contribution in [2.24, 2.45) is 5.73 Å². The molecule has 0 bridgehead atoms. The van der Waals surface area contributed by atoms with Crippen molar-refractivity contribution in [2.45, 2.75) is 57.7 Å². The zero-order valence-electron chi connectivity index (χ0n) is 13.7. The minimum atomic E-state index is -0.902. The molecule has 0 amide bonds. The topological polar surface area (TPSA) is 58.8 Å². The van der Waals surface area contributed by atoms with Gasteiger partial charge in [0.25, 0.3) is 0 Å². The molecule has 5 heteroatoms. The molecule has 1 fully saturated rings. The first kappa shape index (κ1) is 17.4. The molecule has 3 unspecified atom stereocenters. The second kappa shape index (κ2) is 7.38. The van der Waals surface area contributed by atoms with Crippen molar-refractivity contribution < 1.29 is 9.53 Å². The fourth-order valence-electron chi connectivity index (χ4n) is 3.17. The van der Waals surface area contributed by atoms with Gasteiger partial charge in [-0.15, -0.1) is 0 Å². The molecule has 1 aliphatic heterocycles. The average Bonchev–Trinajstić information content (AvgIpc) is 2.76. The summed E-state index contributed by atoms with van der Waals surface area (Å²) in [7, 11) is 4.21. The second-order valence-electron chi connectivity index (χ2n) is 6.49. The number of nitrogens with zero attached hydrogens (tertiary/aromatic N) is 2. The summed E-state index contributed by atoms with van der Waals surface area (Å²) < 4.78 is 5.07. The zero-order chi connectivity index (χ0) is 15.3. The van der Waals surface area contributed by atoms with Gasteiger partial charge in [0.05, 0.1) is 6.61 Å². The van der Waals surface area contributed by atoms with Crippen LogP contribution in [0.1, 0.15) is 40.0 Å². The lowest BCUT2D eigenvalue weighted by molar-refractivity contribution is -0.149. The maximum atomic E-state index is 11.9. The minimum Gasteiger partial charge on any atom is -0.465 e. The van der Waals surface area contributed by atoms with Crippen LogP contribution in [0.2, 0.25) is 0 Å². The van der Waals surface area contributed by atoms with Gasteiger partial charge in [-0.25, -0.2) is 0 Å². The molecule has 118 valence electrons. The Morgan fingerprint density at radius 3 is 2.75 bits per heavy atom. The molecule has 1 aliphatic rings. The van der Waals surface area contributed by atoms with Crippen molar-refractivity contribution in [3.8, 4) is 0 Å². The van der Waals surface area contributed by atoms with Gasteiger partial charge in [0.1, 0.15) is 5.54 Å². The van der Waals surface area contributed by atoms with E-state index in [0.717, 1.165) is 13.1 Å². The molecule has 0 aromatic carbocycles. The summed E-state index contributed by atoms with van der Waals surface area (Å²) in [5.41, 5.74) is 5.25. The van der Waals surface area contributed by atoms with Crippen LogP contribution in [0.5, 0.6) is 0 Å². The Morgan fingerprint density at radius 2 is 2.20 bits per heavy atom. The number of nitrogens with two attached hydrogens (primary N) is 1. The number of carbonyl (C=O) groups excluding carboxylic acids is 1. The van der Waals surface area contributed by atoms with Gasteiger partial charge >= 0.3 is 5.97 Å². The maximum absolute atomic E-state index is 11.9. The van der Waals surface area contributed by atoms with Crippen LogP contribution in [-0.2, 0) is 9.53 Å². The van der Waals surface area contributed by atoms with E-state index < -0.39 is 5.54 Å². The molecule has 0 spiro atoms. The summed E-state index contributed by atoms with van der Waals surface area (Å²) in [6.45, 7) is 8.29. The molecule has 0 aromatic heterocycles. The number of ether oxygens (including phenoxy) is 1. The number of carbonyl (C=O) groups is 1. The van der Waals surface area contributed by atoms with E-state index in [9.17, 15) is 4.79 Å². The number of esters is 1. The van der Waals surface area contributed by atoms with E-state index in [1.807, 2.05) is 6.92 Å². The van der Waals surface area contributed by atoms with Crippen molar-refractivity contribution in [3.05, 3.63) is 0 Å². The molecule has 3 atom stereocenters. The van der Waals surface area contributed by atoms with Crippen molar-refractivity contribution in [1.29, 1.82) is 0 Å². The van der Waals surface area contributed by atoms with Gasteiger partial charge in [0, 0.05) is 18.6 Å². The third-order valence-electron chi connectivity index (χ3n) is 4.03. The van der Waals surface area contributed by atoms with E-state index in [4.69, 9.17) is 10.5 Å². The summed E-state index contributed by atoms with van der Waals surface area (Å²) in [4.78, 5) is 16.6. The molecule has 1 saturated heterocycles. The van der Waals surface area contributed by atoms with Crippen LogP contribution in [0.15, 0.2) is 0 Å². The third-order valence-corrected chi connectivity index (χ3v) is 4.03. The first-order chi connectivity index (χ1) is 9.27. The highest BCUT2D eigenvalue weighted by Gasteiger charge is 2.36. The molecule has 0 aliphatic carbocycles. The van der Waals surface area contributed by atoms with Crippen molar-refractivity contribution in [3.63, 3.8) is 0 Å². The van der Waals surface area contributed by atoms with E-state index in [-0.39, 0.29) is 5.97 Å². The lowest BCUT2D eigenvalue weighted by Crippen LogP contribution is -2.52. The van der Waals surface area contributed by atoms with Crippen molar-refractivity contribution in [2.75, 3.05) is 33.8 Å². The standard InChI is InChI=1S/C15H31N3O2/c1-6-20-14(19)15(3,16)10-12(2)18-9-7-8-13(18)11-17(4)5/h12-13H,6-11,16H2,1-5H3. The predicted octanol–water partition coefficient (Wildman–Crippen LogP) is 1.07. The van der Waals surface area contributed by atoms with Gasteiger partial charge in [-0.1, -0.05) is 0 Å². The summed E-state index contributed by atoms with van der Waals surface area (Å²) in [5, 5.41) is 0. The zero-order valence-corrected chi connectivity index (χ0v) is 13.7. The number of hydrogen-bond donors (Lipinski definition) is 1. The normalized spacial score (nSPS) is 24.6. The summed E-state index contributed by atoms with van der Waals surface area (Å²) in [5.74, 6) is -0.296. The van der Waals surface area contributed by atoms with E-state index in [0.29, 0.717) is 25.1 Å². The lowest BCUT2D eigenvalue weighted by Gasteiger charge is -2.35. The van der Waals surface area contributed by atoms with Crippen LogP contribution < -0.4 is 5.73 Å². The van der Waals surface area contributed by atoms with Crippen LogP contribution >= 0.6 is 0 Å². The number of hydrogen-bond acceptors (Lipinski definition) is 5. The van der Waals surface area contributed by atoms with Crippen molar-refractivity contribution in [1.82, 2.24) is 9.80 Å². The lowest BCUT2D eigenvalue weighted by atomic mass is 9.94. The molecular formula is C15H31N3O2. The molecule has 1 heterocycles. The highest BCUT2D eigenvalue weighted by Crippen LogP contribution is 2.25. The quantitative estimate of drug-likeness (QED) is 0.709. The number of likely N-dealkylation sites (tertiary alicyclic amines) is 1. The van der Waals surface area contributed by atoms with Gasteiger partial charge in [-0.05, 0) is 60.7 Å². The summed E-state index contributed by atoms with van der Waals surface area (Å²) in [6, 6.07) is 0.861. The largest absolute Gasteiger partial charge is 0.465 e. The number of rotatable bonds is 7. The summed E-state index contributed by atoms with van der Waals surface area (Å²) in [6.07, 6.45) is 3.09. The van der Waals surface area contributed by atoms with Crippen molar-refractivity contribution >= 4 is 5.97 Å². The molecule has 20 heavy (non-hydrogen) atoms. The van der Waals surface area contributed by atoms with Crippen LogP contribution in [-0.4, -0.2) is 67.2 Å². The molecule has 0 saturated carbocycles. The highest BCUT2D eigenvalue weighted by atomic mass is 16.5. The molecular weight excluding hydrogens is 254 g/mol. The van der Waals surface area contributed by atoms with Crippen LogP contribution in [0.4, 0.5) is 0 Å². The van der Waals surface area contributed by atoms with Crippen LogP contribution in [0, 0.1) is 0 Å². The fraction of sp³-hybridized carbons (Fsp3) is 0.933. The third kappa shape index (κ3) is 4.72. The van der Waals surface area contributed by atoms with Crippen LogP contribution in [0.3, 0.4) is 0 Å². The Hall–Kier alpha value is -0.650. The molecule has 0 radical (unpaired) electrons. The van der Waals surface area contributed by atoms with E-state index in [2.05, 4.69) is 30.8 Å². The monoisotopic (exact) mass is 285 g/mol. The van der Waals surface area contributed by atoms with Gasteiger partial charge in [0.15, 0.2) is 0 Å². The predicted molar refractivity (Wildman–Crippen MR) is 81.6 cm³/mol. The van der Waals surface area contributed by atoms with E-state index >= 15 is 0 Å². The number of likely N-dealkylation sites (N-methyl/N-ethyl adjacent to an activating group) is 1. The fourth-order valence-corrected chi connectivity index (χ4v) is 3.17. The van der Waals surface area contributed by atoms with Gasteiger partial charge in [-0.2, -0.15) is 0 Å². The Bertz CT molecular complexity index is 318. The van der Waals surface area contributed by atoms with Gasteiger partial charge in [-0.3, -0.25) is 9.69 Å². The van der Waals surface area contributed by atoms with E-state index in [1.54, 1.807) is 6.92 Å². The Kier molecular flexibility index (Phi) is 6.43. The Morgan fingerprint density at radius 1 is 1.55 bits per heavy atom. The average molecular weight is 285 g/mol. The Labute approximate surface area is 123 Å². The van der Waals surface area contributed by atoms with E-state index in [1.165, 1.54) is 12.8 Å². The molecule has 5 nitrogen and oxygen atoms in total. The first-order valence-corrected chi connectivity index (χ1v) is 7.64. The SMILES string of the molecule is CCOC(=O)C(C)(N)CC(C)N1CCCC1CN(C)C. The maximum Gasteiger partial charge on any atom is 0.325 e. The smallest absolute Gasteiger partial charge is 0.325 e. The summed E-state index contributed by atoms with van der Waals surface area (Å²) >= 11 is 0. The molecule has 0 aromatic rings. The van der Waals surface area contributed by atoms with Gasteiger partial charge < -0.3 is 15.4 Å². The van der Waals surface area contributed by atoms with Crippen LogP contribution in [0.25, 0.3) is 0 Å².